The van der Waals surface area contributed by atoms with Gasteiger partial charge in [0.2, 0.25) is 11.9 Å². The minimum absolute atomic E-state index is 0.317. The molecule has 1 aromatic heterocycles. The lowest BCUT2D eigenvalue weighted by molar-refractivity contribution is 0.546. The first kappa shape index (κ1) is 7.96. The zero-order chi connectivity index (χ0) is 9.54. The molecule has 1 saturated carbocycles. The molecule has 2 bridgehead atoms. The molecule has 2 unspecified atom stereocenters. The standard InChI is InChI=1S/C9H13N5/c10-8-11-5-12-9(13-8)14-4-6-1-2-7(14)3-6/h5-7H,1-4H2,(H2,10,11,12,13). The summed E-state index contributed by atoms with van der Waals surface area (Å²) < 4.78 is 0. The van der Waals surface area contributed by atoms with E-state index in [9.17, 15) is 0 Å². The van der Waals surface area contributed by atoms with Crippen molar-refractivity contribution in [1.29, 1.82) is 0 Å². The summed E-state index contributed by atoms with van der Waals surface area (Å²) in [7, 11) is 0. The molecule has 0 radical (unpaired) electrons. The summed E-state index contributed by atoms with van der Waals surface area (Å²) in [5, 5.41) is 0. The zero-order valence-corrected chi connectivity index (χ0v) is 7.93. The Kier molecular flexibility index (Phi) is 1.59. The number of anilines is 2. The lowest BCUT2D eigenvalue weighted by Crippen LogP contribution is -2.33. The van der Waals surface area contributed by atoms with Gasteiger partial charge in [0.15, 0.2) is 0 Å². The largest absolute Gasteiger partial charge is 0.368 e. The molecule has 5 nitrogen and oxygen atoms in total. The Morgan fingerprint density at radius 3 is 2.93 bits per heavy atom. The van der Waals surface area contributed by atoms with Gasteiger partial charge in [0.05, 0.1) is 0 Å². The molecule has 1 aliphatic carbocycles. The van der Waals surface area contributed by atoms with Crippen molar-refractivity contribution >= 4 is 11.9 Å². The Hall–Kier alpha value is -1.39. The normalized spacial score (nSPS) is 29.9. The van der Waals surface area contributed by atoms with Crippen LogP contribution in [0.2, 0.25) is 0 Å². The van der Waals surface area contributed by atoms with E-state index in [1.165, 1.54) is 25.6 Å². The molecule has 2 heterocycles. The van der Waals surface area contributed by atoms with E-state index in [2.05, 4.69) is 19.9 Å². The van der Waals surface area contributed by atoms with Gasteiger partial charge < -0.3 is 10.6 Å². The molecule has 1 aromatic rings. The average Bonchev–Trinajstić information content (AvgIpc) is 2.78. The molecule has 14 heavy (non-hydrogen) atoms. The Balaban J connectivity index is 1.89. The van der Waals surface area contributed by atoms with Crippen molar-refractivity contribution in [2.24, 2.45) is 5.92 Å². The molecule has 1 aliphatic heterocycles. The summed E-state index contributed by atoms with van der Waals surface area (Å²) in [6.45, 7) is 1.09. The maximum Gasteiger partial charge on any atom is 0.230 e. The van der Waals surface area contributed by atoms with Crippen molar-refractivity contribution in [2.75, 3.05) is 17.2 Å². The van der Waals surface area contributed by atoms with Crippen molar-refractivity contribution in [1.82, 2.24) is 15.0 Å². The number of rotatable bonds is 1. The highest BCUT2D eigenvalue weighted by atomic mass is 15.3. The predicted molar refractivity (Wildman–Crippen MR) is 52.7 cm³/mol. The quantitative estimate of drug-likeness (QED) is 0.697. The fourth-order valence-electron chi connectivity index (χ4n) is 2.61. The highest BCUT2D eigenvalue weighted by Gasteiger charge is 2.38. The fraction of sp³-hybridized carbons (Fsp3) is 0.667. The molecule has 2 N–H and O–H groups in total. The molecule has 2 fully saturated rings. The molecule has 0 aromatic carbocycles. The number of aromatic nitrogens is 3. The van der Waals surface area contributed by atoms with Gasteiger partial charge in [-0.25, -0.2) is 9.97 Å². The van der Waals surface area contributed by atoms with E-state index in [0.29, 0.717) is 12.0 Å². The third-order valence-electron chi connectivity index (χ3n) is 3.24. The van der Waals surface area contributed by atoms with Crippen LogP contribution in [-0.2, 0) is 0 Å². The first-order valence-electron chi connectivity index (χ1n) is 5.04. The van der Waals surface area contributed by atoms with Gasteiger partial charge in [-0.2, -0.15) is 4.98 Å². The molecule has 0 spiro atoms. The van der Waals surface area contributed by atoms with E-state index in [0.717, 1.165) is 18.4 Å². The van der Waals surface area contributed by atoms with Gasteiger partial charge in [-0.15, -0.1) is 0 Å². The van der Waals surface area contributed by atoms with Crippen LogP contribution in [0.4, 0.5) is 11.9 Å². The molecule has 0 amide bonds. The number of hydrogen-bond acceptors (Lipinski definition) is 5. The molecule has 3 rings (SSSR count). The Bertz CT molecular complexity index is 353. The number of nitrogens with two attached hydrogens (primary N) is 1. The van der Waals surface area contributed by atoms with Crippen molar-refractivity contribution in [3.05, 3.63) is 6.33 Å². The number of nitrogens with zero attached hydrogens (tertiary/aromatic N) is 4. The van der Waals surface area contributed by atoms with E-state index in [1.807, 2.05) is 0 Å². The SMILES string of the molecule is Nc1ncnc(N2CC3CCC2C3)n1. The Morgan fingerprint density at radius 2 is 2.29 bits per heavy atom. The van der Waals surface area contributed by atoms with E-state index >= 15 is 0 Å². The van der Waals surface area contributed by atoms with Crippen LogP contribution in [0.15, 0.2) is 6.33 Å². The molecule has 2 atom stereocenters. The van der Waals surface area contributed by atoms with Gasteiger partial charge in [-0.1, -0.05) is 0 Å². The second-order valence-corrected chi connectivity index (χ2v) is 4.13. The van der Waals surface area contributed by atoms with Crippen molar-refractivity contribution in [2.45, 2.75) is 25.3 Å². The molecular weight excluding hydrogens is 178 g/mol. The molecular formula is C9H13N5. The lowest BCUT2D eigenvalue weighted by Gasteiger charge is -2.26. The zero-order valence-electron chi connectivity index (χ0n) is 7.93. The molecule has 5 heteroatoms. The van der Waals surface area contributed by atoms with Crippen LogP contribution in [0, 0.1) is 5.92 Å². The number of nitrogen functional groups attached to an aromatic ring is 1. The van der Waals surface area contributed by atoms with E-state index in [-0.39, 0.29) is 0 Å². The number of piperidine rings is 1. The molecule has 1 saturated heterocycles. The minimum Gasteiger partial charge on any atom is -0.368 e. The highest BCUT2D eigenvalue weighted by molar-refractivity contribution is 5.37. The van der Waals surface area contributed by atoms with Gasteiger partial charge in [0, 0.05) is 12.6 Å². The minimum atomic E-state index is 0.317. The first-order valence-corrected chi connectivity index (χ1v) is 5.04. The van der Waals surface area contributed by atoms with Gasteiger partial charge >= 0.3 is 0 Å². The topological polar surface area (TPSA) is 67.9 Å². The fourth-order valence-corrected chi connectivity index (χ4v) is 2.61. The van der Waals surface area contributed by atoms with Crippen LogP contribution < -0.4 is 10.6 Å². The number of fused-ring (bicyclic) bond motifs is 2. The lowest BCUT2D eigenvalue weighted by atomic mass is 10.1. The Labute approximate surface area is 82.4 Å². The maximum absolute atomic E-state index is 5.54. The smallest absolute Gasteiger partial charge is 0.230 e. The van der Waals surface area contributed by atoms with Gasteiger partial charge in [0.25, 0.3) is 0 Å². The molecule has 74 valence electrons. The predicted octanol–water partition coefficient (Wildman–Crippen LogP) is 0.442. The summed E-state index contributed by atoms with van der Waals surface area (Å²) in [4.78, 5) is 14.4. The summed E-state index contributed by atoms with van der Waals surface area (Å²) >= 11 is 0. The van der Waals surface area contributed by atoms with Gasteiger partial charge in [-0.3, -0.25) is 0 Å². The van der Waals surface area contributed by atoms with Crippen LogP contribution in [-0.4, -0.2) is 27.5 Å². The summed E-state index contributed by atoms with van der Waals surface area (Å²) in [5.41, 5.74) is 5.54. The van der Waals surface area contributed by atoms with Crippen molar-refractivity contribution < 1.29 is 0 Å². The third kappa shape index (κ3) is 1.12. The third-order valence-corrected chi connectivity index (χ3v) is 3.24. The first-order chi connectivity index (χ1) is 6.83. The van der Waals surface area contributed by atoms with E-state index in [1.54, 1.807) is 0 Å². The van der Waals surface area contributed by atoms with Crippen molar-refractivity contribution in [3.8, 4) is 0 Å². The van der Waals surface area contributed by atoms with Crippen LogP contribution >= 0.6 is 0 Å². The van der Waals surface area contributed by atoms with Crippen LogP contribution in [0.3, 0.4) is 0 Å². The average molecular weight is 191 g/mol. The van der Waals surface area contributed by atoms with E-state index < -0.39 is 0 Å². The monoisotopic (exact) mass is 191 g/mol. The molecule has 2 aliphatic rings. The summed E-state index contributed by atoms with van der Waals surface area (Å²) in [6, 6.07) is 0.641. The van der Waals surface area contributed by atoms with E-state index in [4.69, 9.17) is 5.73 Å². The van der Waals surface area contributed by atoms with Crippen LogP contribution in [0.25, 0.3) is 0 Å². The Morgan fingerprint density at radius 1 is 1.36 bits per heavy atom. The number of hydrogen-bond donors (Lipinski definition) is 1. The summed E-state index contributed by atoms with van der Waals surface area (Å²) in [5.74, 6) is 1.92. The second kappa shape index (κ2) is 2.80. The van der Waals surface area contributed by atoms with Crippen molar-refractivity contribution in [3.63, 3.8) is 0 Å². The maximum atomic E-state index is 5.54. The van der Waals surface area contributed by atoms with Crippen LogP contribution in [0.5, 0.6) is 0 Å². The van der Waals surface area contributed by atoms with Crippen LogP contribution in [0.1, 0.15) is 19.3 Å². The second-order valence-electron chi connectivity index (χ2n) is 4.13. The highest BCUT2D eigenvalue weighted by Crippen LogP contribution is 2.38. The van der Waals surface area contributed by atoms with Gasteiger partial charge in [-0.05, 0) is 25.2 Å². The summed E-state index contributed by atoms with van der Waals surface area (Å²) in [6.07, 6.45) is 5.42. The van der Waals surface area contributed by atoms with Gasteiger partial charge in [0.1, 0.15) is 6.33 Å².